The molecule has 3 amide bonds. The monoisotopic (exact) mass is 372 g/mol. The standard InChI is InChI=1S/C16H21ClN2O4S/c1-10(2)8-18-16(22)19-14(20)9-23-15(21)11(3)24-13-6-4-12(17)5-7-13/h4-7,10-11H,8-9H2,1-3H3,(H2,18,19,20,22)/t11-/m0/s1. The van der Waals surface area contributed by atoms with Crippen LogP contribution in [0.1, 0.15) is 20.8 Å². The lowest BCUT2D eigenvalue weighted by atomic mass is 10.2. The maximum Gasteiger partial charge on any atom is 0.321 e. The molecule has 132 valence electrons. The lowest BCUT2D eigenvalue weighted by Gasteiger charge is -2.12. The number of urea groups is 1. The molecule has 0 aromatic heterocycles. The van der Waals surface area contributed by atoms with Gasteiger partial charge in [-0.05, 0) is 37.1 Å². The third-order valence-corrected chi connectivity index (χ3v) is 4.07. The zero-order chi connectivity index (χ0) is 18.1. The van der Waals surface area contributed by atoms with Crippen molar-refractivity contribution in [3.8, 4) is 0 Å². The summed E-state index contributed by atoms with van der Waals surface area (Å²) in [5.41, 5.74) is 0. The Labute approximate surface area is 150 Å². The second-order valence-corrected chi connectivity index (χ2v) is 7.32. The van der Waals surface area contributed by atoms with E-state index in [0.717, 1.165) is 4.90 Å². The molecule has 0 radical (unpaired) electrons. The van der Waals surface area contributed by atoms with E-state index in [9.17, 15) is 14.4 Å². The zero-order valence-corrected chi connectivity index (χ0v) is 15.4. The molecule has 0 fully saturated rings. The average Bonchev–Trinajstić information content (AvgIpc) is 2.52. The molecule has 1 atom stereocenters. The molecule has 0 saturated carbocycles. The van der Waals surface area contributed by atoms with Crippen LogP contribution in [0.2, 0.25) is 5.02 Å². The fourth-order valence-electron chi connectivity index (χ4n) is 1.52. The number of hydrogen-bond acceptors (Lipinski definition) is 5. The van der Waals surface area contributed by atoms with Crippen LogP contribution < -0.4 is 10.6 Å². The second-order valence-electron chi connectivity index (χ2n) is 5.47. The number of carbonyl (C=O) groups excluding carboxylic acids is 3. The van der Waals surface area contributed by atoms with Crippen molar-refractivity contribution in [1.82, 2.24) is 10.6 Å². The van der Waals surface area contributed by atoms with Crippen molar-refractivity contribution >= 4 is 41.3 Å². The molecule has 0 spiro atoms. The molecule has 0 bridgehead atoms. The minimum Gasteiger partial charge on any atom is -0.455 e. The zero-order valence-electron chi connectivity index (χ0n) is 13.8. The van der Waals surface area contributed by atoms with Crippen LogP contribution in [0, 0.1) is 5.92 Å². The van der Waals surface area contributed by atoms with Gasteiger partial charge in [0.15, 0.2) is 6.61 Å². The molecule has 1 aromatic rings. The van der Waals surface area contributed by atoms with Crippen LogP contribution in [0.4, 0.5) is 4.79 Å². The normalized spacial score (nSPS) is 11.7. The maximum absolute atomic E-state index is 11.9. The largest absolute Gasteiger partial charge is 0.455 e. The number of thioether (sulfide) groups is 1. The van der Waals surface area contributed by atoms with Crippen LogP contribution in [0.5, 0.6) is 0 Å². The lowest BCUT2D eigenvalue weighted by Crippen LogP contribution is -2.42. The number of carbonyl (C=O) groups is 3. The summed E-state index contributed by atoms with van der Waals surface area (Å²) in [4.78, 5) is 35.7. The SMILES string of the molecule is CC(C)CNC(=O)NC(=O)COC(=O)[C@H](C)Sc1ccc(Cl)cc1. The van der Waals surface area contributed by atoms with Gasteiger partial charge in [-0.3, -0.25) is 14.9 Å². The van der Waals surface area contributed by atoms with Gasteiger partial charge in [0, 0.05) is 16.5 Å². The number of amides is 3. The number of ether oxygens (including phenoxy) is 1. The molecule has 0 saturated heterocycles. The topological polar surface area (TPSA) is 84.5 Å². The predicted octanol–water partition coefficient (Wildman–Crippen LogP) is 2.85. The Bertz CT molecular complexity index is 578. The first-order valence-electron chi connectivity index (χ1n) is 7.44. The summed E-state index contributed by atoms with van der Waals surface area (Å²) in [7, 11) is 0. The van der Waals surface area contributed by atoms with Crippen LogP contribution >= 0.6 is 23.4 Å². The average molecular weight is 373 g/mol. The molecule has 1 aromatic carbocycles. The molecule has 1 rings (SSSR count). The highest BCUT2D eigenvalue weighted by molar-refractivity contribution is 8.00. The summed E-state index contributed by atoms with van der Waals surface area (Å²) >= 11 is 7.09. The van der Waals surface area contributed by atoms with Crippen LogP contribution in [0.3, 0.4) is 0 Å². The van der Waals surface area contributed by atoms with Gasteiger partial charge in [0.1, 0.15) is 5.25 Å². The fraction of sp³-hybridized carbons (Fsp3) is 0.438. The van der Waals surface area contributed by atoms with Crippen molar-refractivity contribution in [2.45, 2.75) is 30.9 Å². The predicted molar refractivity (Wildman–Crippen MR) is 94.1 cm³/mol. The van der Waals surface area contributed by atoms with Crippen LogP contribution in [-0.2, 0) is 14.3 Å². The third kappa shape index (κ3) is 8.21. The number of nitrogens with one attached hydrogen (secondary N) is 2. The van der Waals surface area contributed by atoms with Crippen molar-refractivity contribution in [1.29, 1.82) is 0 Å². The Morgan fingerprint density at radius 2 is 1.79 bits per heavy atom. The molecular formula is C16H21ClN2O4S. The first-order chi connectivity index (χ1) is 11.3. The molecule has 0 heterocycles. The summed E-state index contributed by atoms with van der Waals surface area (Å²) in [5.74, 6) is -0.935. The van der Waals surface area contributed by atoms with Crippen molar-refractivity contribution in [3.05, 3.63) is 29.3 Å². The van der Waals surface area contributed by atoms with Gasteiger partial charge in [-0.1, -0.05) is 25.4 Å². The lowest BCUT2D eigenvalue weighted by molar-refractivity contribution is -0.147. The smallest absolute Gasteiger partial charge is 0.321 e. The van der Waals surface area contributed by atoms with Crippen molar-refractivity contribution < 1.29 is 19.1 Å². The molecule has 8 heteroatoms. The van der Waals surface area contributed by atoms with Crippen LogP contribution in [0.15, 0.2) is 29.2 Å². The Balaban J connectivity index is 2.32. The molecule has 0 unspecified atom stereocenters. The number of imide groups is 1. The minimum absolute atomic E-state index is 0.273. The van der Waals surface area contributed by atoms with Gasteiger partial charge in [-0.15, -0.1) is 11.8 Å². The van der Waals surface area contributed by atoms with E-state index < -0.39 is 29.8 Å². The van der Waals surface area contributed by atoms with Gasteiger partial charge in [0.05, 0.1) is 0 Å². The minimum atomic E-state index is -0.673. The van der Waals surface area contributed by atoms with Crippen LogP contribution in [0.25, 0.3) is 0 Å². The highest BCUT2D eigenvalue weighted by Gasteiger charge is 2.18. The first kappa shape index (κ1) is 20.3. The summed E-state index contributed by atoms with van der Waals surface area (Å²) in [6.07, 6.45) is 0. The molecule has 0 aliphatic rings. The second kappa shape index (κ2) is 10.2. The first-order valence-corrected chi connectivity index (χ1v) is 8.70. The fourth-order valence-corrected chi connectivity index (χ4v) is 2.51. The van der Waals surface area contributed by atoms with Gasteiger partial charge in [-0.25, -0.2) is 4.79 Å². The highest BCUT2D eigenvalue weighted by Crippen LogP contribution is 2.25. The molecule has 0 aliphatic carbocycles. The summed E-state index contributed by atoms with van der Waals surface area (Å²) < 4.78 is 4.91. The molecule has 2 N–H and O–H groups in total. The van der Waals surface area contributed by atoms with E-state index in [0.29, 0.717) is 11.6 Å². The Hall–Kier alpha value is -1.73. The van der Waals surface area contributed by atoms with E-state index in [1.54, 1.807) is 31.2 Å². The third-order valence-electron chi connectivity index (χ3n) is 2.73. The molecule has 0 aliphatic heterocycles. The van der Waals surface area contributed by atoms with Gasteiger partial charge in [0.25, 0.3) is 5.91 Å². The molecule has 6 nitrogen and oxygen atoms in total. The summed E-state index contributed by atoms with van der Waals surface area (Å²) in [6.45, 7) is 5.50. The molecular weight excluding hydrogens is 352 g/mol. The van der Waals surface area contributed by atoms with Crippen molar-refractivity contribution in [2.75, 3.05) is 13.2 Å². The number of halogens is 1. The van der Waals surface area contributed by atoms with E-state index in [-0.39, 0.29) is 5.92 Å². The van der Waals surface area contributed by atoms with Gasteiger partial charge in [0.2, 0.25) is 0 Å². The van der Waals surface area contributed by atoms with E-state index in [4.69, 9.17) is 16.3 Å². The Kier molecular flexibility index (Phi) is 8.63. The maximum atomic E-state index is 11.9. The van der Waals surface area contributed by atoms with E-state index >= 15 is 0 Å². The van der Waals surface area contributed by atoms with Crippen LogP contribution in [-0.4, -0.2) is 36.3 Å². The Morgan fingerprint density at radius 1 is 1.17 bits per heavy atom. The van der Waals surface area contributed by atoms with Crippen molar-refractivity contribution in [3.63, 3.8) is 0 Å². The van der Waals surface area contributed by atoms with E-state index in [1.165, 1.54) is 11.8 Å². The van der Waals surface area contributed by atoms with Crippen molar-refractivity contribution in [2.24, 2.45) is 5.92 Å². The van der Waals surface area contributed by atoms with Gasteiger partial charge >= 0.3 is 12.0 Å². The Morgan fingerprint density at radius 3 is 2.38 bits per heavy atom. The van der Waals surface area contributed by atoms with E-state index in [1.807, 2.05) is 13.8 Å². The molecule has 24 heavy (non-hydrogen) atoms. The quantitative estimate of drug-likeness (QED) is 0.568. The van der Waals surface area contributed by atoms with E-state index in [2.05, 4.69) is 10.6 Å². The summed E-state index contributed by atoms with van der Waals surface area (Å²) in [5, 5.41) is 4.75. The number of hydrogen-bond donors (Lipinski definition) is 2. The van der Waals surface area contributed by atoms with Gasteiger partial charge < -0.3 is 10.1 Å². The summed E-state index contributed by atoms with van der Waals surface area (Å²) in [6, 6.07) is 6.44. The number of benzene rings is 1. The van der Waals surface area contributed by atoms with Gasteiger partial charge in [-0.2, -0.15) is 0 Å². The highest BCUT2D eigenvalue weighted by atomic mass is 35.5. The number of esters is 1. The number of rotatable bonds is 7.